The molecular weight excluding hydrogens is 260 g/mol. The summed E-state index contributed by atoms with van der Waals surface area (Å²) in [5, 5.41) is 2.99. The molecule has 0 bridgehead atoms. The molecule has 0 aliphatic rings. The quantitative estimate of drug-likeness (QED) is 0.746. The van der Waals surface area contributed by atoms with Gasteiger partial charge in [0.2, 0.25) is 0 Å². The van der Waals surface area contributed by atoms with Crippen molar-refractivity contribution in [1.29, 1.82) is 0 Å². The van der Waals surface area contributed by atoms with Gasteiger partial charge in [-0.3, -0.25) is 0 Å². The zero-order valence-corrected chi connectivity index (χ0v) is 14.1. The van der Waals surface area contributed by atoms with E-state index in [9.17, 15) is 4.79 Å². The van der Waals surface area contributed by atoms with Crippen LogP contribution in [0, 0.1) is 0 Å². The smallest absolute Gasteiger partial charge is 0.407 e. The Labute approximate surface area is 122 Å². The Balaban J connectivity index is 4.36. The maximum atomic E-state index is 11.8. The number of nitrogens with one attached hydrogen (secondary N) is 1. The first-order chi connectivity index (χ1) is 8.82. The molecule has 0 aliphatic carbocycles. The zero-order chi connectivity index (χ0) is 14.9. The Morgan fingerprint density at radius 1 is 1.32 bits per heavy atom. The van der Waals surface area contributed by atoms with Gasteiger partial charge >= 0.3 is 6.09 Å². The maximum Gasteiger partial charge on any atom is 0.407 e. The van der Waals surface area contributed by atoms with Crippen LogP contribution in [0.4, 0.5) is 4.79 Å². The Kier molecular flexibility index (Phi) is 9.27. The molecule has 114 valence electrons. The molecule has 1 amide bonds. The summed E-state index contributed by atoms with van der Waals surface area (Å²) in [6.07, 6.45) is 2.74. The molecule has 4 nitrogen and oxygen atoms in total. The van der Waals surface area contributed by atoms with E-state index < -0.39 is 5.60 Å². The van der Waals surface area contributed by atoms with Crippen LogP contribution < -0.4 is 5.32 Å². The summed E-state index contributed by atoms with van der Waals surface area (Å²) < 4.78 is 5.32. The van der Waals surface area contributed by atoms with Gasteiger partial charge in [0.15, 0.2) is 0 Å². The van der Waals surface area contributed by atoms with E-state index >= 15 is 0 Å². The van der Waals surface area contributed by atoms with E-state index in [1.165, 1.54) is 0 Å². The molecule has 0 saturated carbocycles. The molecule has 1 atom stereocenters. The van der Waals surface area contributed by atoms with Gasteiger partial charge in [0.1, 0.15) is 5.60 Å². The van der Waals surface area contributed by atoms with Crippen LogP contribution in [0.2, 0.25) is 0 Å². The van der Waals surface area contributed by atoms with Crippen LogP contribution in [0.15, 0.2) is 0 Å². The minimum absolute atomic E-state index is 0.155. The highest BCUT2D eigenvalue weighted by Gasteiger charge is 2.20. The minimum Gasteiger partial charge on any atom is -0.444 e. The number of carbonyl (C=O) groups excluding carboxylic acids is 1. The largest absolute Gasteiger partial charge is 0.444 e. The lowest BCUT2D eigenvalue weighted by Crippen LogP contribution is -2.45. The molecule has 1 N–H and O–H groups in total. The summed E-state index contributed by atoms with van der Waals surface area (Å²) >= 11 is 1.80. The molecule has 0 spiro atoms. The number of ether oxygens (including phenoxy) is 1. The molecule has 0 aromatic heterocycles. The fourth-order valence-corrected chi connectivity index (χ4v) is 2.26. The van der Waals surface area contributed by atoms with Gasteiger partial charge in [0.05, 0.1) is 0 Å². The third-order valence-corrected chi connectivity index (χ3v) is 3.41. The monoisotopic (exact) mass is 290 g/mol. The first kappa shape index (κ1) is 18.6. The van der Waals surface area contributed by atoms with E-state index in [1.807, 2.05) is 20.8 Å². The number of nitrogens with zero attached hydrogens (tertiary/aromatic N) is 1. The van der Waals surface area contributed by atoms with E-state index in [4.69, 9.17) is 4.74 Å². The zero-order valence-electron chi connectivity index (χ0n) is 13.3. The van der Waals surface area contributed by atoms with E-state index in [0.717, 1.165) is 31.8 Å². The first-order valence-corrected chi connectivity index (χ1v) is 8.42. The lowest BCUT2D eigenvalue weighted by atomic mass is 10.2. The fraction of sp³-hybridized carbons (Fsp3) is 0.929. The van der Waals surface area contributed by atoms with Gasteiger partial charge in [0, 0.05) is 12.6 Å². The van der Waals surface area contributed by atoms with Gasteiger partial charge in [-0.05, 0) is 52.3 Å². The summed E-state index contributed by atoms with van der Waals surface area (Å²) in [6, 6.07) is 0.155. The molecule has 19 heavy (non-hydrogen) atoms. The Hall–Kier alpha value is -0.420. The predicted octanol–water partition coefficient (Wildman–Crippen LogP) is 2.97. The number of thioether (sulfide) groups is 1. The second-order valence-electron chi connectivity index (χ2n) is 5.61. The average Bonchev–Trinajstić information content (AvgIpc) is 2.30. The second kappa shape index (κ2) is 9.48. The van der Waals surface area contributed by atoms with Gasteiger partial charge in [0.25, 0.3) is 0 Å². The average molecular weight is 290 g/mol. The van der Waals surface area contributed by atoms with Crippen molar-refractivity contribution in [3.63, 3.8) is 0 Å². The molecule has 0 saturated heterocycles. The highest BCUT2D eigenvalue weighted by Crippen LogP contribution is 2.08. The number of likely N-dealkylation sites (N-methyl/N-ethyl adjacent to an activating group) is 1. The summed E-state index contributed by atoms with van der Waals surface area (Å²) in [5.41, 5.74) is -0.441. The number of alkyl carbamates (subject to hydrolysis) is 1. The lowest BCUT2D eigenvalue weighted by molar-refractivity contribution is 0.0491. The molecule has 0 fully saturated rings. The molecule has 0 radical (unpaired) electrons. The first-order valence-electron chi connectivity index (χ1n) is 7.03. The normalized spacial score (nSPS) is 13.4. The molecule has 0 aromatic carbocycles. The Bertz CT molecular complexity index is 250. The van der Waals surface area contributed by atoms with Gasteiger partial charge in [-0.15, -0.1) is 0 Å². The molecule has 5 heteroatoms. The van der Waals surface area contributed by atoms with Crippen LogP contribution in [-0.2, 0) is 4.74 Å². The van der Waals surface area contributed by atoms with Gasteiger partial charge in [-0.2, -0.15) is 11.8 Å². The number of hydrogen-bond acceptors (Lipinski definition) is 4. The van der Waals surface area contributed by atoms with Crippen LogP contribution in [0.5, 0.6) is 0 Å². The van der Waals surface area contributed by atoms with E-state index in [-0.39, 0.29) is 12.1 Å². The number of hydrogen-bond donors (Lipinski definition) is 1. The van der Waals surface area contributed by atoms with Crippen LogP contribution in [0.3, 0.4) is 0 Å². The van der Waals surface area contributed by atoms with Gasteiger partial charge < -0.3 is 15.0 Å². The van der Waals surface area contributed by atoms with E-state index in [1.54, 1.807) is 11.8 Å². The molecule has 0 unspecified atom stereocenters. The third-order valence-electron chi connectivity index (χ3n) is 2.76. The van der Waals surface area contributed by atoms with Crippen molar-refractivity contribution in [2.75, 3.05) is 31.6 Å². The van der Waals surface area contributed by atoms with Crippen LogP contribution in [0.25, 0.3) is 0 Å². The van der Waals surface area contributed by atoms with Crippen molar-refractivity contribution in [3.8, 4) is 0 Å². The third kappa shape index (κ3) is 10.1. The molecule has 0 heterocycles. The van der Waals surface area contributed by atoms with Crippen molar-refractivity contribution >= 4 is 17.9 Å². The van der Waals surface area contributed by atoms with Crippen molar-refractivity contribution < 1.29 is 9.53 Å². The molecular formula is C14H30N2O2S. The Morgan fingerprint density at radius 2 is 1.89 bits per heavy atom. The summed E-state index contributed by atoms with van der Waals surface area (Å²) in [4.78, 5) is 14.2. The lowest BCUT2D eigenvalue weighted by Gasteiger charge is -2.27. The van der Waals surface area contributed by atoms with E-state index in [0.29, 0.717) is 0 Å². The number of carbonyl (C=O) groups is 1. The predicted molar refractivity (Wildman–Crippen MR) is 83.9 cm³/mol. The van der Waals surface area contributed by atoms with E-state index in [2.05, 4.69) is 30.3 Å². The number of amides is 1. The van der Waals surface area contributed by atoms with Gasteiger partial charge in [-0.25, -0.2) is 4.79 Å². The maximum absolute atomic E-state index is 11.8. The van der Waals surface area contributed by atoms with Crippen molar-refractivity contribution in [2.24, 2.45) is 0 Å². The molecule has 0 aromatic rings. The van der Waals surface area contributed by atoms with Crippen LogP contribution in [0.1, 0.15) is 41.0 Å². The highest BCUT2D eigenvalue weighted by atomic mass is 32.2. The fourth-order valence-electron chi connectivity index (χ4n) is 1.74. The summed E-state index contributed by atoms with van der Waals surface area (Å²) in [5.74, 6) is 1.04. The topological polar surface area (TPSA) is 41.6 Å². The van der Waals surface area contributed by atoms with Crippen molar-refractivity contribution in [1.82, 2.24) is 10.2 Å². The summed E-state index contributed by atoms with van der Waals surface area (Å²) in [7, 11) is 0. The molecule has 0 rings (SSSR count). The second-order valence-corrected chi connectivity index (χ2v) is 6.60. The van der Waals surface area contributed by atoms with Crippen LogP contribution >= 0.6 is 11.8 Å². The van der Waals surface area contributed by atoms with Crippen LogP contribution in [-0.4, -0.2) is 54.3 Å². The van der Waals surface area contributed by atoms with Crippen molar-refractivity contribution in [3.05, 3.63) is 0 Å². The standard InChI is InChI=1S/C14H30N2O2S/c1-7-16(8-2)11-12(9-10-19-6)15-13(17)18-14(3,4)5/h12H,7-11H2,1-6H3,(H,15,17)/t12-/m0/s1. The van der Waals surface area contributed by atoms with Gasteiger partial charge in [-0.1, -0.05) is 13.8 Å². The summed E-state index contributed by atoms with van der Waals surface area (Å²) in [6.45, 7) is 12.8. The van der Waals surface area contributed by atoms with Crippen molar-refractivity contribution in [2.45, 2.75) is 52.7 Å². The number of rotatable bonds is 8. The SMILES string of the molecule is CCN(CC)C[C@H](CCSC)NC(=O)OC(C)(C)C. The molecule has 0 aliphatic heterocycles. The minimum atomic E-state index is -0.441. The highest BCUT2D eigenvalue weighted by molar-refractivity contribution is 7.98. The Morgan fingerprint density at radius 3 is 2.32 bits per heavy atom.